The van der Waals surface area contributed by atoms with Gasteiger partial charge in [0.25, 0.3) is 5.91 Å². The average Bonchev–Trinajstić information content (AvgIpc) is 2.57. The number of aromatic nitrogens is 1. The van der Waals surface area contributed by atoms with E-state index in [0.717, 1.165) is 37.8 Å². The Morgan fingerprint density at radius 1 is 1.22 bits per heavy atom. The average molecular weight is 320 g/mol. The summed E-state index contributed by atoms with van der Waals surface area (Å²) in [6.07, 6.45) is 1.81. The van der Waals surface area contributed by atoms with Crippen LogP contribution in [-0.4, -0.2) is 55.1 Å². The number of piperazine rings is 1. The van der Waals surface area contributed by atoms with Crippen molar-refractivity contribution >= 4 is 11.6 Å². The van der Waals surface area contributed by atoms with E-state index < -0.39 is 0 Å². The van der Waals surface area contributed by atoms with E-state index in [0.29, 0.717) is 12.2 Å². The summed E-state index contributed by atoms with van der Waals surface area (Å²) in [5.41, 5.74) is 1.59. The number of carbonyl (C=O) groups excluding carboxylic acids is 1. The van der Waals surface area contributed by atoms with Gasteiger partial charge in [-0.05, 0) is 25.0 Å². The quantitative estimate of drug-likeness (QED) is 0.906. The summed E-state index contributed by atoms with van der Waals surface area (Å²) < 4.78 is 0. The van der Waals surface area contributed by atoms with E-state index in [4.69, 9.17) is 0 Å². The molecule has 23 heavy (non-hydrogen) atoms. The van der Waals surface area contributed by atoms with Gasteiger partial charge in [0.1, 0.15) is 5.69 Å². The number of amides is 1. The number of nitrogens with one attached hydrogen (secondary N) is 1. The van der Waals surface area contributed by atoms with Crippen LogP contribution in [-0.2, 0) is 0 Å². The third-order valence-corrected chi connectivity index (χ3v) is 3.68. The molecule has 0 aromatic carbocycles. The van der Waals surface area contributed by atoms with E-state index in [1.165, 1.54) is 6.54 Å². The van der Waals surface area contributed by atoms with Gasteiger partial charge in [-0.25, -0.2) is 4.98 Å². The maximum atomic E-state index is 11.7. The van der Waals surface area contributed by atoms with E-state index in [1.807, 2.05) is 33.0 Å². The van der Waals surface area contributed by atoms with Crippen LogP contribution >= 0.6 is 0 Å². The van der Waals surface area contributed by atoms with Gasteiger partial charge in [0.05, 0.1) is 11.9 Å². The fourth-order valence-electron chi connectivity index (χ4n) is 2.66. The Morgan fingerprint density at radius 3 is 2.35 bits per heavy atom. The first-order valence-electron chi connectivity index (χ1n) is 8.81. The van der Waals surface area contributed by atoms with Crippen molar-refractivity contribution in [3.63, 3.8) is 0 Å². The highest BCUT2D eigenvalue weighted by atomic mass is 16.1. The molecule has 1 N–H and O–H groups in total. The van der Waals surface area contributed by atoms with Crippen LogP contribution in [0.2, 0.25) is 0 Å². The molecule has 0 atom stereocenters. The van der Waals surface area contributed by atoms with Gasteiger partial charge in [-0.3, -0.25) is 9.69 Å². The van der Waals surface area contributed by atoms with E-state index in [9.17, 15) is 4.79 Å². The highest BCUT2D eigenvalue weighted by molar-refractivity contribution is 5.92. The monoisotopic (exact) mass is 320 g/mol. The Balaban J connectivity index is 0.00000127. The molecule has 0 aliphatic carbocycles. The lowest BCUT2D eigenvalue weighted by atomic mass is 10.2. The zero-order valence-corrected chi connectivity index (χ0v) is 15.3. The first-order chi connectivity index (χ1) is 11.1. The van der Waals surface area contributed by atoms with Crippen molar-refractivity contribution in [1.29, 1.82) is 0 Å². The van der Waals surface area contributed by atoms with Crippen LogP contribution in [0.5, 0.6) is 0 Å². The molecular formula is C18H32N4O. The zero-order valence-electron chi connectivity index (χ0n) is 15.3. The number of anilines is 1. The topological polar surface area (TPSA) is 48.5 Å². The second-order valence-electron chi connectivity index (χ2n) is 5.94. The highest BCUT2D eigenvalue weighted by Crippen LogP contribution is 2.16. The van der Waals surface area contributed by atoms with Gasteiger partial charge >= 0.3 is 0 Å². The van der Waals surface area contributed by atoms with Gasteiger partial charge < -0.3 is 10.2 Å². The molecule has 130 valence electrons. The van der Waals surface area contributed by atoms with Crippen molar-refractivity contribution in [2.75, 3.05) is 44.2 Å². The normalized spacial score (nSPS) is 15.1. The van der Waals surface area contributed by atoms with E-state index in [2.05, 4.69) is 33.9 Å². The van der Waals surface area contributed by atoms with Crippen LogP contribution in [0.1, 0.15) is 45.1 Å². The molecule has 0 unspecified atom stereocenters. The lowest BCUT2D eigenvalue weighted by molar-refractivity contribution is 0.0951. The third kappa shape index (κ3) is 6.18. The van der Waals surface area contributed by atoms with Crippen LogP contribution in [0.15, 0.2) is 18.3 Å². The smallest absolute Gasteiger partial charge is 0.269 e. The predicted octanol–water partition coefficient (Wildman–Crippen LogP) is 2.64. The Kier molecular flexibility index (Phi) is 8.62. The fourth-order valence-corrected chi connectivity index (χ4v) is 2.66. The molecule has 0 saturated carbocycles. The number of carbonyl (C=O) groups is 1. The van der Waals surface area contributed by atoms with Crippen molar-refractivity contribution in [3.05, 3.63) is 24.0 Å². The molecule has 0 radical (unpaired) electrons. The SMILES string of the molecule is CC.CCNC(=O)c1ccc(N2CCN(CC(C)C)CC2)cn1. The number of hydrogen-bond donors (Lipinski definition) is 1. The van der Waals surface area contributed by atoms with E-state index in [-0.39, 0.29) is 5.91 Å². The molecule has 5 heteroatoms. The van der Waals surface area contributed by atoms with Crippen molar-refractivity contribution in [2.45, 2.75) is 34.6 Å². The van der Waals surface area contributed by atoms with Crippen LogP contribution in [0.25, 0.3) is 0 Å². The molecule has 1 fully saturated rings. The molecule has 1 aromatic rings. The van der Waals surface area contributed by atoms with Gasteiger partial charge in [-0.15, -0.1) is 0 Å². The Hall–Kier alpha value is -1.62. The molecule has 1 aromatic heterocycles. The first kappa shape index (κ1) is 19.4. The second-order valence-corrected chi connectivity index (χ2v) is 5.94. The lowest BCUT2D eigenvalue weighted by Gasteiger charge is -2.36. The van der Waals surface area contributed by atoms with Crippen molar-refractivity contribution < 1.29 is 4.79 Å². The summed E-state index contributed by atoms with van der Waals surface area (Å²) in [4.78, 5) is 20.8. The maximum Gasteiger partial charge on any atom is 0.269 e. The molecule has 2 heterocycles. The molecular weight excluding hydrogens is 288 g/mol. The number of pyridine rings is 1. The standard InChI is InChI=1S/C16H26N4O.C2H6/c1-4-17-16(21)15-6-5-14(11-18-15)20-9-7-19(8-10-20)12-13(2)3;1-2/h5-6,11,13H,4,7-10,12H2,1-3H3,(H,17,21);1-2H3. The van der Waals surface area contributed by atoms with Crippen LogP contribution in [0, 0.1) is 5.92 Å². The molecule has 1 saturated heterocycles. The van der Waals surface area contributed by atoms with Crippen molar-refractivity contribution in [1.82, 2.24) is 15.2 Å². The largest absolute Gasteiger partial charge is 0.368 e. The molecule has 1 aliphatic rings. The van der Waals surface area contributed by atoms with Crippen LogP contribution in [0.4, 0.5) is 5.69 Å². The highest BCUT2D eigenvalue weighted by Gasteiger charge is 2.18. The van der Waals surface area contributed by atoms with Gasteiger partial charge in [-0.1, -0.05) is 27.7 Å². The van der Waals surface area contributed by atoms with E-state index >= 15 is 0 Å². The van der Waals surface area contributed by atoms with Gasteiger partial charge in [0, 0.05) is 39.3 Å². The Morgan fingerprint density at radius 2 is 1.87 bits per heavy atom. The molecule has 0 spiro atoms. The second kappa shape index (κ2) is 10.2. The Labute approximate surface area is 141 Å². The van der Waals surface area contributed by atoms with Crippen molar-refractivity contribution in [3.8, 4) is 0 Å². The minimum Gasteiger partial charge on any atom is -0.368 e. The number of hydrogen-bond acceptors (Lipinski definition) is 4. The molecule has 5 nitrogen and oxygen atoms in total. The fraction of sp³-hybridized carbons (Fsp3) is 0.667. The maximum absolute atomic E-state index is 11.7. The van der Waals surface area contributed by atoms with Gasteiger partial charge in [-0.2, -0.15) is 0 Å². The summed E-state index contributed by atoms with van der Waals surface area (Å²) in [6.45, 7) is 16.5. The van der Waals surface area contributed by atoms with Crippen molar-refractivity contribution in [2.24, 2.45) is 5.92 Å². The molecule has 1 aliphatic heterocycles. The predicted molar refractivity (Wildman–Crippen MR) is 97.1 cm³/mol. The van der Waals surface area contributed by atoms with Gasteiger partial charge in [0.2, 0.25) is 0 Å². The summed E-state index contributed by atoms with van der Waals surface area (Å²) in [6, 6.07) is 3.80. The minimum atomic E-state index is -0.106. The zero-order chi connectivity index (χ0) is 17.2. The molecule has 1 amide bonds. The summed E-state index contributed by atoms with van der Waals surface area (Å²) in [7, 11) is 0. The summed E-state index contributed by atoms with van der Waals surface area (Å²) >= 11 is 0. The number of nitrogens with zero attached hydrogens (tertiary/aromatic N) is 3. The van der Waals surface area contributed by atoms with Gasteiger partial charge in [0.15, 0.2) is 0 Å². The van der Waals surface area contributed by atoms with Crippen LogP contribution in [0.3, 0.4) is 0 Å². The first-order valence-corrected chi connectivity index (χ1v) is 8.81. The molecule has 2 rings (SSSR count). The van der Waals surface area contributed by atoms with Crippen LogP contribution < -0.4 is 10.2 Å². The summed E-state index contributed by atoms with van der Waals surface area (Å²) in [5.74, 6) is 0.611. The van der Waals surface area contributed by atoms with E-state index in [1.54, 1.807) is 6.07 Å². The third-order valence-electron chi connectivity index (χ3n) is 3.68. The lowest BCUT2D eigenvalue weighted by Crippen LogP contribution is -2.47. The summed E-state index contributed by atoms with van der Waals surface area (Å²) in [5, 5.41) is 2.76. The molecule has 0 bridgehead atoms. The Bertz CT molecular complexity index is 451. The minimum absolute atomic E-state index is 0.106. The number of rotatable bonds is 5.